The zero-order valence-electron chi connectivity index (χ0n) is 15.9. The molecule has 1 aromatic carbocycles. The van der Waals surface area contributed by atoms with Crippen LogP contribution in [-0.4, -0.2) is 26.9 Å². The van der Waals surface area contributed by atoms with Crippen molar-refractivity contribution in [3.8, 4) is 0 Å². The zero-order chi connectivity index (χ0) is 18.3. The van der Waals surface area contributed by atoms with Crippen LogP contribution in [0.25, 0.3) is 0 Å². The molecule has 0 unspecified atom stereocenters. The molecule has 0 spiro atoms. The monoisotopic (exact) mass is 351 g/mol. The van der Waals surface area contributed by atoms with Crippen molar-refractivity contribution in [3.05, 3.63) is 35.9 Å². The van der Waals surface area contributed by atoms with E-state index in [9.17, 15) is 4.79 Å². The maximum absolute atomic E-state index is 12.1. The third-order valence-electron chi connectivity index (χ3n) is 4.75. The summed E-state index contributed by atoms with van der Waals surface area (Å²) < 4.78 is 11.7. The summed E-state index contributed by atoms with van der Waals surface area (Å²) in [5, 5.41) is 0. The predicted molar refractivity (Wildman–Crippen MR) is 101 cm³/mol. The minimum atomic E-state index is -2.01. The smallest absolute Gasteiger partial charge is 0.325 e. The number of rotatable bonds is 9. The molecule has 5 heteroatoms. The number of hydrogen-bond acceptors (Lipinski definition) is 4. The summed E-state index contributed by atoms with van der Waals surface area (Å²) in [5.41, 5.74) is 8.35. The molecule has 0 fully saturated rings. The van der Waals surface area contributed by atoms with E-state index in [0.29, 0.717) is 16.6 Å². The summed E-state index contributed by atoms with van der Waals surface area (Å²) in [5.74, 6) is -0.405. The van der Waals surface area contributed by atoms with Gasteiger partial charge in [-0.1, -0.05) is 71.9 Å². The number of ether oxygens (including phenoxy) is 1. The molecule has 0 radical (unpaired) electrons. The first-order valence-electron chi connectivity index (χ1n) is 8.81. The molecule has 0 aliphatic rings. The van der Waals surface area contributed by atoms with E-state index in [-0.39, 0.29) is 13.2 Å². The normalized spacial score (nSPS) is 13.6. The molecule has 0 aromatic heterocycles. The van der Waals surface area contributed by atoms with E-state index in [0.717, 1.165) is 5.56 Å². The highest BCUT2D eigenvalue weighted by Gasteiger charge is 2.45. The maximum Gasteiger partial charge on any atom is 0.325 e. The Hall–Kier alpha value is -1.17. The lowest BCUT2D eigenvalue weighted by atomic mass is 10.2. The van der Waals surface area contributed by atoms with Crippen LogP contribution in [0.5, 0.6) is 0 Å². The number of hydrogen-bond donors (Lipinski definition) is 1. The van der Waals surface area contributed by atoms with Gasteiger partial charge >= 0.3 is 5.97 Å². The first kappa shape index (κ1) is 20.9. The molecule has 1 rings (SSSR count). The van der Waals surface area contributed by atoms with Crippen LogP contribution in [0.3, 0.4) is 0 Å². The fraction of sp³-hybridized carbons (Fsp3) is 0.632. The summed E-state index contributed by atoms with van der Waals surface area (Å²) in [4.78, 5) is 12.1. The lowest BCUT2D eigenvalue weighted by molar-refractivity contribution is -0.147. The van der Waals surface area contributed by atoms with Crippen LogP contribution in [0.15, 0.2) is 30.3 Å². The van der Waals surface area contributed by atoms with Gasteiger partial charge in [0.15, 0.2) is 8.32 Å². The molecule has 0 bridgehead atoms. The van der Waals surface area contributed by atoms with E-state index in [2.05, 4.69) is 41.5 Å². The number of benzene rings is 1. The van der Waals surface area contributed by atoms with Gasteiger partial charge in [0.05, 0.1) is 6.61 Å². The highest BCUT2D eigenvalue weighted by molar-refractivity contribution is 6.77. The van der Waals surface area contributed by atoms with E-state index in [1.54, 1.807) is 0 Å². The molecule has 0 aliphatic carbocycles. The molecular weight excluding hydrogens is 318 g/mol. The largest absolute Gasteiger partial charge is 0.460 e. The van der Waals surface area contributed by atoms with Gasteiger partial charge in [0.2, 0.25) is 0 Å². The molecule has 1 atom stereocenters. The molecule has 0 saturated carbocycles. The summed E-state index contributed by atoms with van der Waals surface area (Å²) in [6.45, 7) is 13.8. The standard InChI is InChI=1S/C19H33NO3Si/c1-14(2)24(15(3)4,16(5)6)23-13-18(20)19(21)22-12-17-10-8-7-9-11-17/h7-11,14-16,18H,12-13,20H2,1-6H3/t18-/m0/s1. The van der Waals surface area contributed by atoms with Crippen molar-refractivity contribution in [2.45, 2.75) is 70.8 Å². The quantitative estimate of drug-likeness (QED) is 0.534. The second kappa shape index (κ2) is 9.35. The van der Waals surface area contributed by atoms with Gasteiger partial charge < -0.3 is 14.9 Å². The summed E-state index contributed by atoms with van der Waals surface area (Å²) in [6, 6.07) is 8.86. The Balaban J connectivity index is 2.62. The zero-order valence-corrected chi connectivity index (χ0v) is 16.9. The number of carbonyl (C=O) groups excluding carboxylic acids is 1. The van der Waals surface area contributed by atoms with Crippen LogP contribution in [0.2, 0.25) is 16.6 Å². The topological polar surface area (TPSA) is 61.5 Å². The lowest BCUT2D eigenvalue weighted by Gasteiger charge is -2.42. The fourth-order valence-corrected chi connectivity index (χ4v) is 9.11. The van der Waals surface area contributed by atoms with Gasteiger partial charge in [-0.25, -0.2) is 0 Å². The average molecular weight is 352 g/mol. The van der Waals surface area contributed by atoms with E-state index >= 15 is 0 Å². The Morgan fingerprint density at radius 3 is 1.96 bits per heavy atom. The summed E-state index contributed by atoms with van der Waals surface area (Å²) >= 11 is 0. The van der Waals surface area contributed by atoms with Crippen LogP contribution in [-0.2, 0) is 20.6 Å². The van der Waals surface area contributed by atoms with Gasteiger partial charge in [-0.05, 0) is 22.2 Å². The van der Waals surface area contributed by atoms with Crippen molar-refractivity contribution < 1.29 is 14.0 Å². The Morgan fingerprint density at radius 1 is 1.00 bits per heavy atom. The van der Waals surface area contributed by atoms with Crippen LogP contribution in [0, 0.1) is 0 Å². The lowest BCUT2D eigenvalue weighted by Crippen LogP contribution is -2.51. The highest BCUT2D eigenvalue weighted by Crippen LogP contribution is 2.42. The van der Waals surface area contributed by atoms with Gasteiger partial charge in [0, 0.05) is 0 Å². The first-order chi connectivity index (χ1) is 11.2. The van der Waals surface area contributed by atoms with E-state index in [1.165, 1.54) is 0 Å². The second-order valence-electron chi connectivity index (χ2n) is 7.33. The van der Waals surface area contributed by atoms with Gasteiger partial charge in [-0.3, -0.25) is 4.79 Å². The Labute approximate surface area is 147 Å². The second-order valence-corrected chi connectivity index (χ2v) is 12.8. The van der Waals surface area contributed by atoms with Crippen molar-refractivity contribution in [2.75, 3.05) is 6.61 Å². The van der Waals surface area contributed by atoms with Crippen LogP contribution in [0.1, 0.15) is 47.1 Å². The average Bonchev–Trinajstić information content (AvgIpc) is 2.52. The third kappa shape index (κ3) is 5.16. The van der Waals surface area contributed by atoms with Gasteiger partial charge in [-0.2, -0.15) is 0 Å². The molecule has 0 aliphatic heterocycles. The van der Waals surface area contributed by atoms with Gasteiger partial charge in [0.1, 0.15) is 12.6 Å². The van der Waals surface area contributed by atoms with Crippen LogP contribution in [0.4, 0.5) is 0 Å². The minimum Gasteiger partial charge on any atom is -0.460 e. The molecule has 1 aromatic rings. The summed E-state index contributed by atoms with van der Waals surface area (Å²) in [7, 11) is -2.01. The van der Waals surface area contributed by atoms with Crippen LogP contribution >= 0.6 is 0 Å². The third-order valence-corrected chi connectivity index (χ3v) is 10.8. The first-order valence-corrected chi connectivity index (χ1v) is 11.0. The van der Waals surface area contributed by atoms with Gasteiger partial charge in [-0.15, -0.1) is 0 Å². The molecule has 0 saturated heterocycles. The Bertz CT molecular complexity index is 481. The number of carbonyl (C=O) groups is 1. The molecule has 136 valence electrons. The van der Waals surface area contributed by atoms with E-state index in [1.807, 2.05) is 30.3 Å². The van der Waals surface area contributed by atoms with Crippen molar-refractivity contribution in [1.82, 2.24) is 0 Å². The number of esters is 1. The van der Waals surface area contributed by atoms with Gasteiger partial charge in [0.25, 0.3) is 0 Å². The van der Waals surface area contributed by atoms with Crippen molar-refractivity contribution in [1.29, 1.82) is 0 Å². The SMILES string of the molecule is CC(C)[Si](OC[C@H](N)C(=O)OCc1ccccc1)(C(C)C)C(C)C. The van der Waals surface area contributed by atoms with Crippen molar-refractivity contribution >= 4 is 14.3 Å². The summed E-state index contributed by atoms with van der Waals surface area (Å²) in [6.07, 6.45) is 0. The van der Waals surface area contributed by atoms with Crippen molar-refractivity contribution in [3.63, 3.8) is 0 Å². The van der Waals surface area contributed by atoms with E-state index in [4.69, 9.17) is 14.9 Å². The molecular formula is C19H33NO3Si. The molecule has 0 amide bonds. The predicted octanol–water partition coefficient (Wildman–Crippen LogP) is 4.25. The van der Waals surface area contributed by atoms with Crippen molar-refractivity contribution in [2.24, 2.45) is 5.73 Å². The fourth-order valence-electron chi connectivity index (χ4n) is 3.64. The van der Waals surface area contributed by atoms with E-state index < -0.39 is 20.3 Å². The van der Waals surface area contributed by atoms with Crippen LogP contribution < -0.4 is 5.73 Å². The highest BCUT2D eigenvalue weighted by atomic mass is 28.4. The Kier molecular flexibility index (Phi) is 8.13. The molecule has 4 nitrogen and oxygen atoms in total. The maximum atomic E-state index is 12.1. The Morgan fingerprint density at radius 2 is 1.50 bits per heavy atom. The molecule has 2 N–H and O–H groups in total. The molecule has 0 heterocycles. The molecule has 24 heavy (non-hydrogen) atoms. The number of nitrogens with two attached hydrogens (primary N) is 1. The minimum absolute atomic E-state index is 0.231.